The Morgan fingerprint density at radius 3 is 2.79 bits per heavy atom. The van der Waals surface area contributed by atoms with E-state index in [4.69, 9.17) is 9.47 Å². The van der Waals surface area contributed by atoms with Gasteiger partial charge in [-0.05, 0) is 24.1 Å². The lowest BCUT2D eigenvalue weighted by molar-refractivity contribution is -0.119. The number of likely N-dealkylation sites (tertiary alicyclic amines) is 1. The van der Waals surface area contributed by atoms with Gasteiger partial charge in [-0.3, -0.25) is 4.79 Å². The molecule has 24 heavy (non-hydrogen) atoms. The first kappa shape index (κ1) is 16.4. The molecule has 7 heteroatoms. The molecule has 3 rings (SSSR count). The van der Waals surface area contributed by atoms with Crippen LogP contribution in [0, 0.1) is 5.41 Å². The SMILES string of the molecule is COc1ccc(CNC(=O)N2CCC3(CNC(=O)C3)C2)cc1OC. The fourth-order valence-corrected chi connectivity index (χ4v) is 3.43. The van der Waals surface area contributed by atoms with Crippen molar-refractivity contribution in [2.45, 2.75) is 19.4 Å². The van der Waals surface area contributed by atoms with Crippen molar-refractivity contribution >= 4 is 11.9 Å². The molecule has 7 nitrogen and oxygen atoms in total. The zero-order valence-electron chi connectivity index (χ0n) is 14.1. The highest BCUT2D eigenvalue weighted by Gasteiger charge is 2.45. The van der Waals surface area contributed by atoms with Crippen LogP contribution in [0.1, 0.15) is 18.4 Å². The molecule has 2 N–H and O–H groups in total. The van der Waals surface area contributed by atoms with E-state index in [9.17, 15) is 9.59 Å². The van der Waals surface area contributed by atoms with Crippen LogP contribution in [0.2, 0.25) is 0 Å². The molecular formula is C17H23N3O4. The van der Waals surface area contributed by atoms with Crippen LogP contribution < -0.4 is 20.1 Å². The molecule has 130 valence electrons. The minimum absolute atomic E-state index is 0.0717. The third-order valence-corrected chi connectivity index (χ3v) is 4.81. The highest BCUT2D eigenvalue weighted by Crippen LogP contribution is 2.36. The summed E-state index contributed by atoms with van der Waals surface area (Å²) < 4.78 is 10.5. The maximum Gasteiger partial charge on any atom is 0.317 e. The molecule has 2 aliphatic rings. The number of rotatable bonds is 4. The van der Waals surface area contributed by atoms with Gasteiger partial charge in [0.2, 0.25) is 5.91 Å². The molecule has 1 unspecified atom stereocenters. The zero-order valence-corrected chi connectivity index (χ0v) is 14.1. The highest BCUT2D eigenvalue weighted by atomic mass is 16.5. The van der Waals surface area contributed by atoms with Gasteiger partial charge in [-0.2, -0.15) is 0 Å². The third-order valence-electron chi connectivity index (χ3n) is 4.81. The van der Waals surface area contributed by atoms with Gasteiger partial charge < -0.3 is 25.0 Å². The Hall–Kier alpha value is -2.44. The summed E-state index contributed by atoms with van der Waals surface area (Å²) in [6, 6.07) is 5.47. The van der Waals surface area contributed by atoms with E-state index in [1.165, 1.54) is 0 Å². The highest BCUT2D eigenvalue weighted by molar-refractivity contribution is 5.80. The Balaban J connectivity index is 1.55. The van der Waals surface area contributed by atoms with E-state index in [2.05, 4.69) is 10.6 Å². The number of amides is 3. The summed E-state index contributed by atoms with van der Waals surface area (Å²) in [5.41, 5.74) is 0.866. The van der Waals surface area contributed by atoms with Gasteiger partial charge in [0.1, 0.15) is 0 Å². The largest absolute Gasteiger partial charge is 0.493 e. The molecule has 0 aromatic heterocycles. The minimum Gasteiger partial charge on any atom is -0.493 e. The quantitative estimate of drug-likeness (QED) is 0.865. The molecule has 1 spiro atoms. The van der Waals surface area contributed by atoms with Gasteiger partial charge in [-0.25, -0.2) is 4.79 Å². The lowest BCUT2D eigenvalue weighted by Gasteiger charge is -2.22. The van der Waals surface area contributed by atoms with Gasteiger partial charge in [0.25, 0.3) is 0 Å². The number of carbonyl (C=O) groups is 2. The summed E-state index contributed by atoms with van der Waals surface area (Å²) in [5, 5.41) is 5.80. The number of methoxy groups -OCH3 is 2. The molecule has 3 amide bonds. The maximum atomic E-state index is 12.4. The Morgan fingerprint density at radius 2 is 2.12 bits per heavy atom. The normalized spacial score (nSPS) is 22.6. The lowest BCUT2D eigenvalue weighted by atomic mass is 9.86. The first-order valence-corrected chi connectivity index (χ1v) is 8.06. The number of nitrogens with one attached hydrogen (secondary N) is 2. The van der Waals surface area contributed by atoms with Crippen molar-refractivity contribution in [2.24, 2.45) is 5.41 Å². The predicted octanol–water partition coefficient (Wildman–Crippen LogP) is 1.13. The van der Waals surface area contributed by atoms with Crippen molar-refractivity contribution in [1.82, 2.24) is 15.5 Å². The van der Waals surface area contributed by atoms with Gasteiger partial charge in [0.05, 0.1) is 14.2 Å². The van der Waals surface area contributed by atoms with Gasteiger partial charge >= 0.3 is 6.03 Å². The molecule has 2 saturated heterocycles. The van der Waals surface area contributed by atoms with Gasteiger partial charge in [0.15, 0.2) is 11.5 Å². The van der Waals surface area contributed by atoms with Crippen molar-refractivity contribution in [3.05, 3.63) is 23.8 Å². The maximum absolute atomic E-state index is 12.4. The standard InChI is InChI=1S/C17H23N3O4/c1-23-13-4-3-12(7-14(13)24-2)9-18-16(22)20-6-5-17(11-20)8-15(21)19-10-17/h3-4,7H,5-6,8-11H2,1-2H3,(H,18,22)(H,19,21). The van der Waals surface area contributed by atoms with Crippen LogP contribution in [0.3, 0.4) is 0 Å². The van der Waals surface area contributed by atoms with E-state index in [0.717, 1.165) is 12.0 Å². The van der Waals surface area contributed by atoms with Crippen molar-refractivity contribution in [3.63, 3.8) is 0 Å². The minimum atomic E-state index is -0.0963. The van der Waals surface area contributed by atoms with Crippen LogP contribution in [0.15, 0.2) is 18.2 Å². The number of hydrogen-bond donors (Lipinski definition) is 2. The Labute approximate surface area is 141 Å². The summed E-state index contributed by atoms with van der Waals surface area (Å²) in [4.78, 5) is 25.6. The van der Waals surface area contributed by atoms with Crippen LogP contribution in [-0.2, 0) is 11.3 Å². The van der Waals surface area contributed by atoms with E-state index < -0.39 is 0 Å². The van der Waals surface area contributed by atoms with Crippen LogP contribution in [0.5, 0.6) is 11.5 Å². The second-order valence-electron chi connectivity index (χ2n) is 6.47. The Kier molecular flexibility index (Phi) is 4.51. The number of hydrogen-bond acceptors (Lipinski definition) is 4. The number of urea groups is 1. The van der Waals surface area contributed by atoms with Crippen molar-refractivity contribution in [1.29, 1.82) is 0 Å². The van der Waals surface area contributed by atoms with Gasteiger partial charge in [-0.1, -0.05) is 6.07 Å². The molecular weight excluding hydrogens is 310 g/mol. The van der Waals surface area contributed by atoms with Gasteiger partial charge in [0, 0.05) is 38.0 Å². The summed E-state index contributed by atoms with van der Waals surface area (Å²) in [6.07, 6.45) is 1.39. The fourth-order valence-electron chi connectivity index (χ4n) is 3.43. The molecule has 1 aromatic carbocycles. The van der Waals surface area contributed by atoms with Crippen molar-refractivity contribution in [3.8, 4) is 11.5 Å². The monoisotopic (exact) mass is 333 g/mol. The summed E-state index contributed by atoms with van der Waals surface area (Å²) >= 11 is 0. The fraction of sp³-hybridized carbons (Fsp3) is 0.529. The summed E-state index contributed by atoms with van der Waals surface area (Å²) in [5.74, 6) is 1.38. The van der Waals surface area contributed by atoms with Crippen LogP contribution in [0.4, 0.5) is 4.79 Å². The van der Waals surface area contributed by atoms with E-state index in [0.29, 0.717) is 44.1 Å². The molecule has 0 saturated carbocycles. The summed E-state index contributed by atoms with van der Waals surface area (Å²) in [6.45, 7) is 2.40. The first-order chi connectivity index (χ1) is 11.5. The molecule has 1 aromatic rings. The van der Waals surface area contributed by atoms with Crippen molar-refractivity contribution < 1.29 is 19.1 Å². The Bertz CT molecular complexity index is 649. The third kappa shape index (κ3) is 3.25. The first-order valence-electron chi connectivity index (χ1n) is 8.06. The van der Waals surface area contributed by atoms with E-state index in [1.54, 1.807) is 19.1 Å². The zero-order chi connectivity index (χ0) is 17.2. The molecule has 1 atom stereocenters. The topological polar surface area (TPSA) is 79.9 Å². The van der Waals surface area contributed by atoms with Crippen LogP contribution >= 0.6 is 0 Å². The number of carbonyl (C=O) groups excluding carboxylic acids is 2. The van der Waals surface area contributed by atoms with Crippen LogP contribution in [0.25, 0.3) is 0 Å². The second-order valence-corrected chi connectivity index (χ2v) is 6.47. The molecule has 2 aliphatic heterocycles. The molecule has 0 bridgehead atoms. The van der Waals surface area contributed by atoms with Crippen LogP contribution in [-0.4, -0.2) is 50.7 Å². The molecule has 0 aliphatic carbocycles. The Morgan fingerprint density at radius 1 is 1.33 bits per heavy atom. The van der Waals surface area contributed by atoms with E-state index >= 15 is 0 Å². The predicted molar refractivity (Wildman–Crippen MR) is 88.0 cm³/mol. The smallest absolute Gasteiger partial charge is 0.317 e. The lowest BCUT2D eigenvalue weighted by Crippen LogP contribution is -2.40. The van der Waals surface area contributed by atoms with Gasteiger partial charge in [-0.15, -0.1) is 0 Å². The second kappa shape index (κ2) is 6.59. The molecule has 2 fully saturated rings. The van der Waals surface area contributed by atoms with E-state index in [1.807, 2.05) is 18.2 Å². The number of nitrogens with zero attached hydrogens (tertiary/aromatic N) is 1. The van der Waals surface area contributed by atoms with Crippen molar-refractivity contribution in [2.75, 3.05) is 33.9 Å². The number of benzene rings is 1. The molecule has 2 heterocycles. The average Bonchev–Trinajstić information content (AvgIpc) is 3.18. The van der Waals surface area contributed by atoms with E-state index in [-0.39, 0.29) is 17.4 Å². The average molecular weight is 333 g/mol. The number of ether oxygens (including phenoxy) is 2. The molecule has 0 radical (unpaired) electrons. The summed E-state index contributed by atoms with van der Waals surface area (Å²) in [7, 11) is 3.17.